The Kier molecular flexibility index (Phi) is 6.72. The monoisotopic (exact) mass is 245 g/mol. The highest BCUT2D eigenvalue weighted by molar-refractivity contribution is 6.18. The maximum absolute atomic E-state index is 11.3. The van der Waals surface area contributed by atoms with Crippen molar-refractivity contribution >= 4 is 23.5 Å². The van der Waals surface area contributed by atoms with E-state index in [0.717, 1.165) is 0 Å². The number of nitrogens with zero attached hydrogens (tertiary/aromatic N) is 1. The first kappa shape index (κ1) is 14.3. The molecule has 16 heavy (non-hydrogen) atoms. The van der Waals surface area contributed by atoms with E-state index >= 15 is 0 Å². The van der Waals surface area contributed by atoms with Crippen molar-refractivity contribution in [2.24, 2.45) is 0 Å². The van der Waals surface area contributed by atoms with Crippen molar-refractivity contribution in [3.63, 3.8) is 0 Å². The fourth-order valence-corrected chi connectivity index (χ4v) is 0.823. The second-order valence-electron chi connectivity index (χ2n) is 2.85. The Bertz CT molecular complexity index is 335. The van der Waals surface area contributed by atoms with Crippen molar-refractivity contribution in [2.75, 3.05) is 12.4 Å². The summed E-state index contributed by atoms with van der Waals surface area (Å²) < 4.78 is 0. The number of nitrogens with one attached hydrogen (secondary N) is 2. The predicted molar refractivity (Wildman–Crippen MR) is 57.7 cm³/mol. The van der Waals surface area contributed by atoms with Crippen LogP contribution in [0.4, 0.5) is 0 Å². The first-order valence-electron chi connectivity index (χ1n) is 4.46. The average molecular weight is 246 g/mol. The zero-order chi connectivity index (χ0) is 12.6. The maximum Gasteiger partial charge on any atom is 0.325 e. The Balaban J connectivity index is 4.38. The molecule has 6 nitrogen and oxygen atoms in total. The molecular formula is C9H12ClN3O3. The van der Waals surface area contributed by atoms with Gasteiger partial charge in [0.2, 0.25) is 0 Å². The smallest absolute Gasteiger partial charge is 0.325 e. The quantitative estimate of drug-likeness (QED) is 0.261. The SMILES string of the molecule is CC(NC(=O)/C(C#N)=C\NCCCl)C(=O)O. The van der Waals surface area contributed by atoms with Gasteiger partial charge in [-0.3, -0.25) is 9.59 Å². The van der Waals surface area contributed by atoms with Crippen molar-refractivity contribution in [1.82, 2.24) is 10.6 Å². The van der Waals surface area contributed by atoms with Crippen LogP contribution in [0.1, 0.15) is 6.92 Å². The molecule has 0 bridgehead atoms. The summed E-state index contributed by atoms with van der Waals surface area (Å²) in [5, 5.41) is 22.0. The maximum atomic E-state index is 11.3. The molecule has 0 aliphatic rings. The first-order valence-corrected chi connectivity index (χ1v) is 4.99. The van der Waals surface area contributed by atoms with Crippen LogP contribution in [-0.4, -0.2) is 35.4 Å². The summed E-state index contributed by atoms with van der Waals surface area (Å²) >= 11 is 5.38. The third-order valence-electron chi connectivity index (χ3n) is 1.57. The van der Waals surface area contributed by atoms with E-state index in [0.29, 0.717) is 12.4 Å². The van der Waals surface area contributed by atoms with Crippen molar-refractivity contribution in [2.45, 2.75) is 13.0 Å². The molecule has 0 fully saturated rings. The van der Waals surface area contributed by atoms with E-state index in [9.17, 15) is 9.59 Å². The number of rotatable bonds is 6. The minimum atomic E-state index is -1.17. The fourth-order valence-electron chi connectivity index (χ4n) is 0.714. The van der Waals surface area contributed by atoms with Crippen molar-refractivity contribution in [3.8, 4) is 6.07 Å². The van der Waals surface area contributed by atoms with Crippen LogP contribution < -0.4 is 10.6 Å². The van der Waals surface area contributed by atoms with E-state index in [2.05, 4.69) is 10.6 Å². The number of nitriles is 1. The summed E-state index contributed by atoms with van der Waals surface area (Å²) in [6, 6.07) is 0.611. The number of aliphatic carboxylic acids is 1. The molecule has 0 rings (SSSR count). The number of amides is 1. The topological polar surface area (TPSA) is 102 Å². The Morgan fingerprint density at radius 2 is 2.25 bits per heavy atom. The number of hydrogen-bond donors (Lipinski definition) is 3. The number of carbonyl (C=O) groups excluding carboxylic acids is 1. The standard InChI is InChI=1S/C9H12ClN3O3/c1-6(9(15)16)13-8(14)7(4-11)5-12-3-2-10/h5-6,12H,2-3H2,1H3,(H,13,14)(H,15,16)/b7-5-. The number of alkyl halides is 1. The van der Waals surface area contributed by atoms with Crippen LogP contribution in [0, 0.1) is 11.3 Å². The second kappa shape index (κ2) is 7.54. The van der Waals surface area contributed by atoms with E-state index in [1.807, 2.05) is 0 Å². The van der Waals surface area contributed by atoms with E-state index in [1.165, 1.54) is 13.1 Å². The van der Waals surface area contributed by atoms with Gasteiger partial charge in [-0.1, -0.05) is 0 Å². The lowest BCUT2D eigenvalue weighted by atomic mass is 10.2. The Morgan fingerprint density at radius 1 is 1.62 bits per heavy atom. The van der Waals surface area contributed by atoms with Gasteiger partial charge in [0.1, 0.15) is 17.7 Å². The molecule has 0 heterocycles. The highest BCUT2D eigenvalue weighted by Gasteiger charge is 2.16. The normalized spacial score (nSPS) is 12.4. The van der Waals surface area contributed by atoms with Gasteiger partial charge in [0, 0.05) is 18.6 Å². The van der Waals surface area contributed by atoms with Gasteiger partial charge in [0.15, 0.2) is 0 Å². The zero-order valence-corrected chi connectivity index (χ0v) is 9.41. The zero-order valence-electron chi connectivity index (χ0n) is 8.66. The molecule has 0 aliphatic carbocycles. The minimum Gasteiger partial charge on any atom is -0.480 e. The highest BCUT2D eigenvalue weighted by atomic mass is 35.5. The van der Waals surface area contributed by atoms with Gasteiger partial charge < -0.3 is 15.7 Å². The van der Waals surface area contributed by atoms with Crippen molar-refractivity contribution in [3.05, 3.63) is 11.8 Å². The van der Waals surface area contributed by atoms with Crippen molar-refractivity contribution < 1.29 is 14.7 Å². The van der Waals surface area contributed by atoms with E-state index < -0.39 is 17.9 Å². The molecule has 0 radical (unpaired) electrons. The molecule has 0 aromatic carbocycles. The lowest BCUT2D eigenvalue weighted by Gasteiger charge is -2.08. The molecule has 1 atom stereocenters. The summed E-state index contributed by atoms with van der Waals surface area (Å²) in [5.74, 6) is -1.57. The molecule has 0 spiro atoms. The molecule has 0 saturated carbocycles. The number of carboxylic acids is 1. The Morgan fingerprint density at radius 3 is 2.69 bits per heavy atom. The van der Waals surface area contributed by atoms with Gasteiger partial charge in [-0.15, -0.1) is 11.6 Å². The molecule has 0 aromatic rings. The number of carboxylic acid groups (broad SMARTS) is 1. The molecule has 1 unspecified atom stereocenters. The summed E-state index contributed by atoms with van der Waals surface area (Å²) in [5.41, 5.74) is -0.196. The van der Waals surface area contributed by atoms with Gasteiger partial charge in [0.05, 0.1) is 0 Å². The van der Waals surface area contributed by atoms with Gasteiger partial charge in [-0.2, -0.15) is 5.26 Å². The summed E-state index contributed by atoms with van der Waals surface area (Å²) in [6.07, 6.45) is 1.20. The summed E-state index contributed by atoms with van der Waals surface area (Å²) in [6.45, 7) is 1.72. The van der Waals surface area contributed by atoms with Crippen LogP contribution in [0.3, 0.4) is 0 Å². The van der Waals surface area contributed by atoms with Crippen LogP contribution in [0.5, 0.6) is 0 Å². The second-order valence-corrected chi connectivity index (χ2v) is 3.22. The fraction of sp³-hybridized carbons (Fsp3) is 0.444. The van der Waals surface area contributed by atoms with E-state index in [1.54, 1.807) is 6.07 Å². The highest BCUT2D eigenvalue weighted by Crippen LogP contribution is 1.92. The molecule has 7 heteroatoms. The average Bonchev–Trinajstić information content (AvgIpc) is 2.24. The third-order valence-corrected chi connectivity index (χ3v) is 1.76. The van der Waals surface area contributed by atoms with Crippen LogP contribution in [0.25, 0.3) is 0 Å². The Labute approximate surface area is 97.9 Å². The van der Waals surface area contributed by atoms with Crippen LogP contribution in [0.2, 0.25) is 0 Å². The van der Waals surface area contributed by atoms with Gasteiger partial charge in [-0.05, 0) is 6.92 Å². The largest absolute Gasteiger partial charge is 0.480 e. The third kappa shape index (κ3) is 5.22. The van der Waals surface area contributed by atoms with Crippen LogP contribution in [-0.2, 0) is 9.59 Å². The van der Waals surface area contributed by atoms with Gasteiger partial charge in [-0.25, -0.2) is 0 Å². The molecule has 88 valence electrons. The number of halogens is 1. The first-order chi connectivity index (χ1) is 7.52. The molecule has 3 N–H and O–H groups in total. The molecule has 0 aliphatic heterocycles. The van der Waals surface area contributed by atoms with E-state index in [-0.39, 0.29) is 5.57 Å². The van der Waals surface area contributed by atoms with Crippen molar-refractivity contribution in [1.29, 1.82) is 5.26 Å². The lowest BCUT2D eigenvalue weighted by Crippen LogP contribution is -2.39. The Hall–Kier alpha value is -1.74. The summed E-state index contributed by atoms with van der Waals surface area (Å²) in [7, 11) is 0. The van der Waals surface area contributed by atoms with E-state index in [4.69, 9.17) is 22.0 Å². The minimum absolute atomic E-state index is 0.196. The molecule has 0 aromatic heterocycles. The van der Waals surface area contributed by atoms with Gasteiger partial charge in [0.25, 0.3) is 5.91 Å². The summed E-state index contributed by atoms with van der Waals surface area (Å²) in [4.78, 5) is 21.8. The van der Waals surface area contributed by atoms with Crippen LogP contribution >= 0.6 is 11.6 Å². The van der Waals surface area contributed by atoms with Crippen LogP contribution in [0.15, 0.2) is 11.8 Å². The number of carbonyl (C=O) groups is 2. The molecule has 0 saturated heterocycles. The lowest BCUT2D eigenvalue weighted by molar-refractivity contribution is -0.140. The number of hydrogen-bond acceptors (Lipinski definition) is 4. The molecular weight excluding hydrogens is 234 g/mol. The predicted octanol–water partition coefficient (Wildman–Crippen LogP) is -0.188. The molecule has 1 amide bonds. The van der Waals surface area contributed by atoms with Gasteiger partial charge >= 0.3 is 5.97 Å².